The normalized spacial score (nSPS) is 32.9. The molecule has 2 aliphatic rings. The van der Waals surface area contributed by atoms with E-state index in [9.17, 15) is 9.90 Å². The number of carbonyl (C=O) groups excluding carboxylic acids is 1. The van der Waals surface area contributed by atoms with E-state index in [0.29, 0.717) is 0 Å². The van der Waals surface area contributed by atoms with Gasteiger partial charge in [0.2, 0.25) is 5.91 Å². The van der Waals surface area contributed by atoms with Crippen molar-refractivity contribution in [1.29, 1.82) is 0 Å². The summed E-state index contributed by atoms with van der Waals surface area (Å²) in [6.07, 6.45) is 4.45. The molecule has 1 heterocycles. The summed E-state index contributed by atoms with van der Waals surface area (Å²) in [5.74, 6) is 0.0900. The fourth-order valence-electron chi connectivity index (χ4n) is 2.77. The van der Waals surface area contributed by atoms with Crippen LogP contribution in [0.25, 0.3) is 0 Å². The van der Waals surface area contributed by atoms with Crippen LogP contribution in [0.4, 0.5) is 0 Å². The molecule has 1 aliphatic heterocycles. The highest BCUT2D eigenvalue weighted by Gasteiger charge is 2.53. The molecule has 1 N–H and O–H groups in total. The lowest BCUT2D eigenvalue weighted by Gasteiger charge is -2.36. The van der Waals surface area contributed by atoms with Gasteiger partial charge in [-0.2, -0.15) is 0 Å². The van der Waals surface area contributed by atoms with Crippen LogP contribution in [-0.4, -0.2) is 46.8 Å². The van der Waals surface area contributed by atoms with Gasteiger partial charge in [-0.3, -0.25) is 4.79 Å². The molecule has 2 rings (SSSR count). The number of rotatable bonds is 0. The first-order valence-electron chi connectivity index (χ1n) is 5.28. The van der Waals surface area contributed by atoms with Crippen molar-refractivity contribution in [3.05, 3.63) is 0 Å². The quantitative estimate of drug-likeness (QED) is 0.611. The second kappa shape index (κ2) is 3.21. The Morgan fingerprint density at radius 1 is 1.29 bits per heavy atom. The zero-order valence-corrected chi connectivity index (χ0v) is 8.86. The first-order valence-corrected chi connectivity index (χ1v) is 5.28. The van der Waals surface area contributed by atoms with Crippen LogP contribution < -0.4 is 0 Å². The van der Waals surface area contributed by atoms with Crippen molar-refractivity contribution in [3.63, 3.8) is 0 Å². The molecular weight excluding hydrogens is 180 g/mol. The summed E-state index contributed by atoms with van der Waals surface area (Å²) in [5, 5.41) is 9.79. The summed E-state index contributed by atoms with van der Waals surface area (Å²) >= 11 is 0. The monoisotopic (exact) mass is 198 g/mol. The van der Waals surface area contributed by atoms with Crippen molar-refractivity contribution in [1.82, 2.24) is 9.80 Å². The van der Waals surface area contributed by atoms with Crippen molar-refractivity contribution in [3.8, 4) is 0 Å². The van der Waals surface area contributed by atoms with E-state index in [-0.39, 0.29) is 5.91 Å². The Hall–Kier alpha value is -0.610. The summed E-state index contributed by atoms with van der Waals surface area (Å²) < 4.78 is 0. The molecule has 2 fully saturated rings. The van der Waals surface area contributed by atoms with Crippen LogP contribution in [0.5, 0.6) is 0 Å². The van der Waals surface area contributed by atoms with E-state index in [2.05, 4.69) is 0 Å². The van der Waals surface area contributed by atoms with Gasteiger partial charge in [0, 0.05) is 7.05 Å². The molecule has 4 nitrogen and oxygen atoms in total. The minimum absolute atomic E-state index is 0.0900. The maximum absolute atomic E-state index is 12.0. The van der Waals surface area contributed by atoms with Gasteiger partial charge < -0.3 is 10.0 Å². The van der Waals surface area contributed by atoms with Crippen LogP contribution in [0.2, 0.25) is 0 Å². The summed E-state index contributed by atoms with van der Waals surface area (Å²) in [6, 6.07) is 0. The van der Waals surface area contributed by atoms with Gasteiger partial charge in [-0.25, -0.2) is 4.90 Å². The van der Waals surface area contributed by atoms with E-state index in [1.54, 1.807) is 7.05 Å². The second-order valence-electron chi connectivity index (χ2n) is 4.47. The molecule has 14 heavy (non-hydrogen) atoms. The number of hydrogen-bond acceptors (Lipinski definition) is 3. The highest BCUT2D eigenvalue weighted by Crippen LogP contribution is 2.39. The molecule has 0 aromatic rings. The Morgan fingerprint density at radius 3 is 2.29 bits per heavy atom. The smallest absolute Gasteiger partial charge is 0.246 e. The Morgan fingerprint density at radius 2 is 1.86 bits per heavy atom. The average Bonchev–Trinajstić information content (AvgIpc) is 2.37. The third-order valence-corrected chi connectivity index (χ3v) is 3.77. The van der Waals surface area contributed by atoms with E-state index >= 15 is 0 Å². The molecule has 0 aromatic carbocycles. The maximum atomic E-state index is 12.0. The SMILES string of the molecule is CN1C(=O)C2(CCCCC2)N(C)C1O. The second-order valence-corrected chi connectivity index (χ2v) is 4.47. The molecule has 1 unspecified atom stereocenters. The van der Waals surface area contributed by atoms with E-state index in [0.717, 1.165) is 25.7 Å². The van der Waals surface area contributed by atoms with Gasteiger partial charge in [-0.15, -0.1) is 0 Å². The molecule has 1 aliphatic carbocycles. The topological polar surface area (TPSA) is 43.8 Å². The van der Waals surface area contributed by atoms with Gasteiger partial charge in [0.05, 0.1) is 0 Å². The lowest BCUT2D eigenvalue weighted by molar-refractivity contribution is -0.135. The lowest BCUT2D eigenvalue weighted by atomic mass is 9.81. The molecule has 4 heteroatoms. The van der Waals surface area contributed by atoms with Gasteiger partial charge in [-0.05, 0) is 19.9 Å². The van der Waals surface area contributed by atoms with E-state index < -0.39 is 11.9 Å². The Bertz CT molecular complexity index is 249. The van der Waals surface area contributed by atoms with Gasteiger partial charge in [0.1, 0.15) is 5.54 Å². The van der Waals surface area contributed by atoms with Crippen LogP contribution in [-0.2, 0) is 4.79 Å². The first-order chi connectivity index (χ1) is 6.59. The number of hydrogen-bond donors (Lipinski definition) is 1. The highest BCUT2D eigenvalue weighted by molar-refractivity contribution is 5.88. The average molecular weight is 198 g/mol. The molecule has 1 saturated carbocycles. The molecule has 0 bridgehead atoms. The van der Waals surface area contributed by atoms with Crippen molar-refractivity contribution in [2.45, 2.75) is 44.0 Å². The van der Waals surface area contributed by atoms with Crippen LogP contribution >= 0.6 is 0 Å². The first kappa shape index (κ1) is 9.93. The lowest BCUT2D eigenvalue weighted by Crippen LogP contribution is -2.49. The number of likely N-dealkylation sites (N-methyl/N-ethyl adjacent to an activating group) is 2. The molecule has 80 valence electrons. The molecule has 1 saturated heterocycles. The Kier molecular flexibility index (Phi) is 2.27. The van der Waals surface area contributed by atoms with Crippen LogP contribution in [0.15, 0.2) is 0 Å². The predicted octanol–water partition coefficient (Wildman–Crippen LogP) is 0.369. The van der Waals surface area contributed by atoms with Gasteiger partial charge in [-0.1, -0.05) is 19.3 Å². The summed E-state index contributed by atoms with van der Waals surface area (Å²) in [5.41, 5.74) is -0.396. The molecule has 1 atom stereocenters. The molecule has 1 spiro atoms. The number of nitrogens with zero attached hydrogens (tertiary/aromatic N) is 2. The van der Waals surface area contributed by atoms with E-state index in [4.69, 9.17) is 0 Å². The molecule has 0 radical (unpaired) electrons. The summed E-state index contributed by atoms with van der Waals surface area (Å²) in [4.78, 5) is 15.3. The molecule has 1 amide bonds. The maximum Gasteiger partial charge on any atom is 0.246 e. The van der Waals surface area contributed by atoms with Crippen molar-refractivity contribution < 1.29 is 9.90 Å². The van der Waals surface area contributed by atoms with Crippen LogP contribution in [0, 0.1) is 0 Å². The minimum atomic E-state index is -0.736. The predicted molar refractivity (Wildman–Crippen MR) is 52.4 cm³/mol. The van der Waals surface area contributed by atoms with E-state index in [1.807, 2.05) is 11.9 Å². The number of aliphatic hydroxyl groups is 1. The van der Waals surface area contributed by atoms with Crippen molar-refractivity contribution in [2.75, 3.05) is 14.1 Å². The molecule has 0 aromatic heterocycles. The zero-order valence-electron chi connectivity index (χ0n) is 8.86. The number of amides is 1. The number of carbonyl (C=O) groups is 1. The summed E-state index contributed by atoms with van der Waals surface area (Å²) in [6.45, 7) is 0. The van der Waals surface area contributed by atoms with E-state index in [1.165, 1.54) is 11.3 Å². The minimum Gasteiger partial charge on any atom is -0.361 e. The Balaban J connectivity index is 2.29. The fourth-order valence-corrected chi connectivity index (χ4v) is 2.77. The van der Waals surface area contributed by atoms with Crippen LogP contribution in [0.3, 0.4) is 0 Å². The largest absolute Gasteiger partial charge is 0.361 e. The third-order valence-electron chi connectivity index (χ3n) is 3.77. The highest BCUT2D eigenvalue weighted by atomic mass is 16.3. The van der Waals surface area contributed by atoms with Crippen LogP contribution in [0.1, 0.15) is 32.1 Å². The number of aliphatic hydroxyl groups excluding tert-OH is 1. The third kappa shape index (κ3) is 1.10. The fraction of sp³-hybridized carbons (Fsp3) is 0.900. The zero-order chi connectivity index (χ0) is 10.3. The van der Waals surface area contributed by atoms with Gasteiger partial charge in [0.25, 0.3) is 0 Å². The molecular formula is C10H18N2O2. The Labute approximate surface area is 84.5 Å². The van der Waals surface area contributed by atoms with Gasteiger partial charge >= 0.3 is 0 Å². The van der Waals surface area contributed by atoms with Gasteiger partial charge in [0.15, 0.2) is 6.35 Å². The summed E-state index contributed by atoms with van der Waals surface area (Å²) in [7, 11) is 3.52. The standard InChI is InChI=1S/C10H18N2O2/c1-11-8(13)10(12(2)9(11)14)6-4-3-5-7-10/h9,14H,3-7H2,1-2H3. The van der Waals surface area contributed by atoms with Crippen molar-refractivity contribution >= 4 is 5.91 Å². The van der Waals surface area contributed by atoms with Crippen molar-refractivity contribution in [2.24, 2.45) is 0 Å².